The number of nitrogens with one attached hydrogen (secondary N) is 1. The van der Waals surface area contributed by atoms with Crippen molar-refractivity contribution >= 4 is 17.3 Å². The lowest BCUT2D eigenvalue weighted by Crippen LogP contribution is -2.20. The lowest BCUT2D eigenvalue weighted by atomic mass is 10.2. The minimum Gasteiger partial charge on any atom is -0.494 e. The van der Waals surface area contributed by atoms with Gasteiger partial charge >= 0.3 is 0 Å². The molecule has 0 heterocycles. The van der Waals surface area contributed by atoms with Crippen molar-refractivity contribution < 1.29 is 19.0 Å². The van der Waals surface area contributed by atoms with Crippen molar-refractivity contribution in [3.63, 3.8) is 0 Å². The Kier molecular flexibility index (Phi) is 6.31. The maximum absolute atomic E-state index is 12.0. The van der Waals surface area contributed by atoms with Gasteiger partial charge in [-0.05, 0) is 38.1 Å². The number of nitrogen functional groups attached to an aromatic ring is 1. The first-order chi connectivity index (χ1) is 11.6. The molecule has 0 aliphatic rings. The Balaban J connectivity index is 1.90. The molecule has 1 amide bonds. The van der Waals surface area contributed by atoms with E-state index in [0.29, 0.717) is 41.8 Å². The minimum atomic E-state index is -0.298. The fourth-order valence-electron chi connectivity index (χ4n) is 2.07. The van der Waals surface area contributed by atoms with Crippen molar-refractivity contribution in [3.05, 3.63) is 42.5 Å². The summed E-state index contributed by atoms with van der Waals surface area (Å²) in [7, 11) is 0. The largest absolute Gasteiger partial charge is 0.494 e. The molecule has 0 atom stereocenters. The molecule has 0 saturated carbocycles. The van der Waals surface area contributed by atoms with Gasteiger partial charge in [-0.15, -0.1) is 0 Å². The Morgan fingerprint density at radius 3 is 2.21 bits per heavy atom. The van der Waals surface area contributed by atoms with Crippen molar-refractivity contribution in [2.75, 3.05) is 30.9 Å². The number of ether oxygens (including phenoxy) is 3. The monoisotopic (exact) mass is 330 g/mol. The number of rotatable bonds is 8. The number of hydrogen-bond acceptors (Lipinski definition) is 5. The van der Waals surface area contributed by atoms with Gasteiger partial charge in [0.25, 0.3) is 5.91 Å². The number of benzene rings is 2. The summed E-state index contributed by atoms with van der Waals surface area (Å²) in [5.41, 5.74) is 6.87. The number of anilines is 2. The number of nitrogens with two attached hydrogens (primary N) is 1. The van der Waals surface area contributed by atoms with Gasteiger partial charge in [0.05, 0.1) is 24.6 Å². The number of carbonyl (C=O) groups excluding carboxylic acids is 1. The molecule has 128 valence electrons. The van der Waals surface area contributed by atoms with Crippen LogP contribution in [-0.2, 0) is 4.79 Å². The Bertz CT molecular complexity index is 688. The Hall–Kier alpha value is -2.89. The first-order valence-electron chi connectivity index (χ1n) is 7.80. The van der Waals surface area contributed by atoms with E-state index in [1.54, 1.807) is 30.3 Å². The van der Waals surface area contributed by atoms with Crippen LogP contribution in [0.2, 0.25) is 0 Å². The van der Waals surface area contributed by atoms with Crippen molar-refractivity contribution in [2.24, 2.45) is 0 Å². The predicted octanol–water partition coefficient (Wildman–Crippen LogP) is 3.08. The Morgan fingerprint density at radius 2 is 1.58 bits per heavy atom. The van der Waals surface area contributed by atoms with Gasteiger partial charge in [0.2, 0.25) is 0 Å². The van der Waals surface area contributed by atoms with Crippen LogP contribution in [-0.4, -0.2) is 25.7 Å². The molecule has 6 heteroatoms. The SMILES string of the molecule is CCOc1cccc(OCC(=O)Nc2ccc(OCC)cc2N)c1. The van der Waals surface area contributed by atoms with Gasteiger partial charge < -0.3 is 25.3 Å². The van der Waals surface area contributed by atoms with Crippen LogP contribution in [0.25, 0.3) is 0 Å². The third kappa shape index (κ3) is 5.08. The second-order valence-corrected chi connectivity index (χ2v) is 4.93. The smallest absolute Gasteiger partial charge is 0.262 e. The lowest BCUT2D eigenvalue weighted by Gasteiger charge is -2.11. The topological polar surface area (TPSA) is 82.8 Å². The molecule has 6 nitrogen and oxygen atoms in total. The molecular weight excluding hydrogens is 308 g/mol. The van der Waals surface area contributed by atoms with Crippen molar-refractivity contribution in [3.8, 4) is 17.2 Å². The molecule has 0 saturated heterocycles. The maximum Gasteiger partial charge on any atom is 0.262 e. The normalized spacial score (nSPS) is 10.1. The van der Waals surface area contributed by atoms with Crippen molar-refractivity contribution in [1.29, 1.82) is 0 Å². The summed E-state index contributed by atoms with van der Waals surface area (Å²) >= 11 is 0. The molecule has 2 aromatic carbocycles. The molecule has 2 aromatic rings. The quantitative estimate of drug-likeness (QED) is 0.727. The molecule has 24 heavy (non-hydrogen) atoms. The molecule has 0 unspecified atom stereocenters. The van der Waals surface area contributed by atoms with E-state index in [2.05, 4.69) is 5.32 Å². The van der Waals surface area contributed by atoms with Gasteiger partial charge in [0.15, 0.2) is 6.61 Å². The second kappa shape index (κ2) is 8.67. The van der Waals surface area contributed by atoms with Crippen molar-refractivity contribution in [1.82, 2.24) is 0 Å². The summed E-state index contributed by atoms with van der Waals surface area (Å²) in [4.78, 5) is 12.0. The predicted molar refractivity (Wildman–Crippen MR) is 93.8 cm³/mol. The van der Waals surface area contributed by atoms with Gasteiger partial charge in [0, 0.05) is 12.1 Å². The van der Waals surface area contributed by atoms with Crippen LogP contribution in [0.1, 0.15) is 13.8 Å². The molecular formula is C18H22N2O4. The Morgan fingerprint density at radius 1 is 0.958 bits per heavy atom. The zero-order valence-corrected chi connectivity index (χ0v) is 13.9. The van der Waals surface area contributed by atoms with Gasteiger partial charge in [-0.3, -0.25) is 4.79 Å². The molecule has 0 bridgehead atoms. The van der Waals surface area contributed by atoms with Crippen LogP contribution in [0, 0.1) is 0 Å². The first-order valence-corrected chi connectivity index (χ1v) is 7.80. The summed E-state index contributed by atoms with van der Waals surface area (Å²) in [5.74, 6) is 1.63. The standard InChI is InChI=1S/C18H22N2O4/c1-3-22-13-6-5-7-14(10-13)24-12-18(21)20-17-9-8-15(23-4-2)11-16(17)19/h5-11H,3-4,12,19H2,1-2H3,(H,20,21). The highest BCUT2D eigenvalue weighted by atomic mass is 16.5. The third-order valence-electron chi connectivity index (χ3n) is 3.09. The fourth-order valence-corrected chi connectivity index (χ4v) is 2.07. The first kappa shape index (κ1) is 17.5. The van der Waals surface area contributed by atoms with E-state index < -0.39 is 0 Å². The average molecular weight is 330 g/mol. The van der Waals surface area contributed by atoms with E-state index in [1.165, 1.54) is 0 Å². The molecule has 0 aliphatic carbocycles. The van der Waals surface area contributed by atoms with Gasteiger partial charge in [-0.25, -0.2) is 0 Å². The van der Waals surface area contributed by atoms with E-state index >= 15 is 0 Å². The molecule has 0 fully saturated rings. The molecule has 0 aliphatic heterocycles. The summed E-state index contributed by atoms with van der Waals surface area (Å²) in [6.07, 6.45) is 0. The van der Waals surface area contributed by atoms with Gasteiger partial charge in [-0.1, -0.05) is 6.07 Å². The van der Waals surface area contributed by atoms with E-state index in [-0.39, 0.29) is 12.5 Å². The maximum atomic E-state index is 12.0. The molecule has 0 spiro atoms. The van der Waals surface area contributed by atoms with Crippen LogP contribution in [0.3, 0.4) is 0 Å². The highest BCUT2D eigenvalue weighted by Crippen LogP contribution is 2.24. The van der Waals surface area contributed by atoms with Crippen molar-refractivity contribution in [2.45, 2.75) is 13.8 Å². The van der Waals surface area contributed by atoms with Crippen LogP contribution < -0.4 is 25.3 Å². The van der Waals surface area contributed by atoms with Crippen LogP contribution in [0.15, 0.2) is 42.5 Å². The summed E-state index contributed by atoms with van der Waals surface area (Å²) < 4.78 is 16.2. The van der Waals surface area contributed by atoms with Gasteiger partial charge in [-0.2, -0.15) is 0 Å². The summed E-state index contributed by atoms with van der Waals surface area (Å²) in [5, 5.41) is 2.71. The van der Waals surface area contributed by atoms with Gasteiger partial charge in [0.1, 0.15) is 17.2 Å². The van der Waals surface area contributed by atoms with Crippen LogP contribution in [0.5, 0.6) is 17.2 Å². The minimum absolute atomic E-state index is 0.123. The van der Waals surface area contributed by atoms with Crippen LogP contribution >= 0.6 is 0 Å². The Labute approximate surface area is 141 Å². The third-order valence-corrected chi connectivity index (χ3v) is 3.09. The van der Waals surface area contributed by atoms with E-state index in [9.17, 15) is 4.79 Å². The summed E-state index contributed by atoms with van der Waals surface area (Å²) in [6.45, 7) is 4.80. The zero-order chi connectivity index (χ0) is 17.4. The highest BCUT2D eigenvalue weighted by molar-refractivity contribution is 5.95. The fraction of sp³-hybridized carbons (Fsp3) is 0.278. The average Bonchev–Trinajstić information content (AvgIpc) is 2.56. The highest BCUT2D eigenvalue weighted by Gasteiger charge is 2.08. The molecule has 0 radical (unpaired) electrons. The van der Waals surface area contributed by atoms with Crippen LogP contribution in [0.4, 0.5) is 11.4 Å². The zero-order valence-electron chi connectivity index (χ0n) is 13.9. The van der Waals surface area contributed by atoms with E-state index in [4.69, 9.17) is 19.9 Å². The molecule has 2 rings (SSSR count). The second-order valence-electron chi connectivity index (χ2n) is 4.93. The summed E-state index contributed by atoms with van der Waals surface area (Å²) in [6, 6.07) is 12.3. The number of hydrogen-bond donors (Lipinski definition) is 2. The number of amides is 1. The van der Waals surface area contributed by atoms with E-state index in [1.807, 2.05) is 26.0 Å². The molecule has 3 N–H and O–H groups in total. The molecule has 0 aromatic heterocycles. The van der Waals surface area contributed by atoms with E-state index in [0.717, 1.165) is 0 Å². The number of carbonyl (C=O) groups is 1. The lowest BCUT2D eigenvalue weighted by molar-refractivity contribution is -0.118.